The lowest BCUT2D eigenvalue weighted by Crippen LogP contribution is -1.90. The first-order chi connectivity index (χ1) is 10.1. The molecule has 0 unspecified atom stereocenters. The Morgan fingerprint density at radius 3 is 2.19 bits per heavy atom. The zero-order valence-corrected chi connectivity index (χ0v) is 13.2. The Balaban J connectivity index is 1.85. The summed E-state index contributed by atoms with van der Waals surface area (Å²) in [5.41, 5.74) is 0.880. The number of aliphatic hydroxyl groups is 1. The van der Waals surface area contributed by atoms with Crippen molar-refractivity contribution < 1.29 is 9.84 Å². The van der Waals surface area contributed by atoms with Crippen molar-refractivity contribution in [2.45, 2.75) is 13.0 Å². The summed E-state index contributed by atoms with van der Waals surface area (Å²) in [5.74, 6) is 1.56. The van der Waals surface area contributed by atoms with Crippen molar-refractivity contribution in [2.75, 3.05) is 0 Å². The van der Waals surface area contributed by atoms with E-state index >= 15 is 0 Å². The molecule has 3 heteroatoms. The Labute approximate surface area is 132 Å². The molecule has 3 aromatic carbocycles. The number of halogens is 1. The van der Waals surface area contributed by atoms with Crippen molar-refractivity contribution in [1.29, 1.82) is 0 Å². The van der Waals surface area contributed by atoms with E-state index < -0.39 is 6.10 Å². The quantitative estimate of drug-likeness (QED) is 0.685. The van der Waals surface area contributed by atoms with Gasteiger partial charge in [-0.3, -0.25) is 0 Å². The van der Waals surface area contributed by atoms with Crippen molar-refractivity contribution in [3.63, 3.8) is 0 Å². The van der Waals surface area contributed by atoms with E-state index in [4.69, 9.17) is 4.74 Å². The van der Waals surface area contributed by atoms with Crippen LogP contribution in [0.15, 0.2) is 65.1 Å². The second kappa shape index (κ2) is 5.88. The van der Waals surface area contributed by atoms with E-state index in [1.54, 1.807) is 6.92 Å². The van der Waals surface area contributed by atoms with E-state index in [-0.39, 0.29) is 0 Å². The van der Waals surface area contributed by atoms with Crippen LogP contribution in [0.2, 0.25) is 0 Å². The summed E-state index contributed by atoms with van der Waals surface area (Å²) >= 11 is 3.47. The highest BCUT2D eigenvalue weighted by Crippen LogP contribution is 2.28. The van der Waals surface area contributed by atoms with Gasteiger partial charge >= 0.3 is 0 Å². The maximum absolute atomic E-state index is 9.50. The van der Waals surface area contributed by atoms with Gasteiger partial charge in [-0.1, -0.05) is 40.2 Å². The van der Waals surface area contributed by atoms with E-state index in [2.05, 4.69) is 28.1 Å². The molecule has 0 aromatic heterocycles. The lowest BCUT2D eigenvalue weighted by atomic mass is 10.1. The fourth-order valence-electron chi connectivity index (χ4n) is 2.21. The standard InChI is InChI=1S/C18H15BrO2/c1-12(20)13-3-7-17(8-4-13)21-18-9-5-14-10-16(19)6-2-15(14)11-18/h2-12,20H,1H3/t12-/m0/s1. The molecule has 0 radical (unpaired) electrons. The first-order valence-corrected chi connectivity index (χ1v) is 7.56. The Hall–Kier alpha value is -1.84. The van der Waals surface area contributed by atoms with Crippen molar-refractivity contribution in [3.05, 3.63) is 70.7 Å². The van der Waals surface area contributed by atoms with E-state index in [1.807, 2.05) is 48.5 Å². The van der Waals surface area contributed by atoms with Crippen LogP contribution in [-0.4, -0.2) is 5.11 Å². The monoisotopic (exact) mass is 342 g/mol. The van der Waals surface area contributed by atoms with Gasteiger partial charge in [0.1, 0.15) is 11.5 Å². The maximum atomic E-state index is 9.50. The second-order valence-corrected chi connectivity index (χ2v) is 5.92. The number of benzene rings is 3. The van der Waals surface area contributed by atoms with Crippen LogP contribution in [0.4, 0.5) is 0 Å². The first kappa shape index (κ1) is 14.1. The Morgan fingerprint density at radius 1 is 0.857 bits per heavy atom. The zero-order chi connectivity index (χ0) is 14.8. The SMILES string of the molecule is C[C@H](O)c1ccc(Oc2ccc3cc(Br)ccc3c2)cc1. The molecule has 106 valence electrons. The third-order valence-corrected chi connectivity index (χ3v) is 3.87. The van der Waals surface area contributed by atoms with Crippen molar-refractivity contribution in [1.82, 2.24) is 0 Å². The van der Waals surface area contributed by atoms with E-state index in [1.165, 1.54) is 5.39 Å². The zero-order valence-electron chi connectivity index (χ0n) is 11.6. The fraction of sp³-hybridized carbons (Fsp3) is 0.111. The molecule has 1 atom stereocenters. The van der Waals surface area contributed by atoms with Crippen LogP contribution in [-0.2, 0) is 0 Å². The third kappa shape index (κ3) is 3.26. The Morgan fingerprint density at radius 2 is 1.48 bits per heavy atom. The first-order valence-electron chi connectivity index (χ1n) is 6.77. The lowest BCUT2D eigenvalue weighted by Gasteiger charge is -2.09. The van der Waals surface area contributed by atoms with Crippen LogP contribution in [0.25, 0.3) is 10.8 Å². The summed E-state index contributed by atoms with van der Waals surface area (Å²) in [4.78, 5) is 0. The van der Waals surface area contributed by atoms with Crippen LogP contribution in [0.3, 0.4) is 0 Å². The Kier molecular flexibility index (Phi) is 3.95. The molecule has 0 aliphatic carbocycles. The van der Waals surface area contributed by atoms with Gasteiger partial charge in [0.15, 0.2) is 0 Å². The molecule has 3 rings (SSSR count). The van der Waals surface area contributed by atoms with Crippen molar-refractivity contribution in [3.8, 4) is 11.5 Å². The van der Waals surface area contributed by atoms with Crippen LogP contribution in [0.1, 0.15) is 18.6 Å². The average molecular weight is 343 g/mol. The molecule has 0 saturated heterocycles. The summed E-state index contributed by atoms with van der Waals surface area (Å²) in [5, 5.41) is 11.8. The third-order valence-electron chi connectivity index (χ3n) is 3.37. The molecule has 0 heterocycles. The minimum atomic E-state index is -0.460. The van der Waals surface area contributed by atoms with Gasteiger partial charge in [0.2, 0.25) is 0 Å². The van der Waals surface area contributed by atoms with Gasteiger partial charge in [-0.25, -0.2) is 0 Å². The molecule has 0 saturated carbocycles. The highest BCUT2D eigenvalue weighted by atomic mass is 79.9. The summed E-state index contributed by atoms with van der Waals surface area (Å²) < 4.78 is 6.93. The van der Waals surface area contributed by atoms with Gasteiger partial charge in [0.05, 0.1) is 6.10 Å². The molecule has 0 spiro atoms. The predicted molar refractivity (Wildman–Crippen MR) is 88.8 cm³/mol. The molecule has 0 aliphatic heterocycles. The maximum Gasteiger partial charge on any atom is 0.128 e. The number of aliphatic hydroxyl groups excluding tert-OH is 1. The van der Waals surface area contributed by atoms with Gasteiger partial charge < -0.3 is 9.84 Å². The predicted octanol–water partition coefficient (Wildman–Crippen LogP) is 5.45. The minimum Gasteiger partial charge on any atom is -0.457 e. The number of hydrogen-bond acceptors (Lipinski definition) is 2. The average Bonchev–Trinajstić information content (AvgIpc) is 2.48. The van der Waals surface area contributed by atoms with Crippen LogP contribution < -0.4 is 4.74 Å². The molecule has 2 nitrogen and oxygen atoms in total. The van der Waals surface area contributed by atoms with Crippen LogP contribution in [0.5, 0.6) is 11.5 Å². The molecule has 0 fully saturated rings. The molecular formula is C18H15BrO2. The van der Waals surface area contributed by atoms with Gasteiger partial charge in [0.25, 0.3) is 0 Å². The molecule has 0 aliphatic rings. The molecular weight excluding hydrogens is 328 g/mol. The van der Waals surface area contributed by atoms with Crippen LogP contribution in [0, 0.1) is 0 Å². The van der Waals surface area contributed by atoms with E-state index in [0.717, 1.165) is 26.9 Å². The van der Waals surface area contributed by atoms with Gasteiger partial charge in [0, 0.05) is 4.47 Å². The fourth-order valence-corrected chi connectivity index (χ4v) is 2.59. The van der Waals surface area contributed by atoms with Crippen molar-refractivity contribution >= 4 is 26.7 Å². The normalized spacial score (nSPS) is 12.3. The second-order valence-electron chi connectivity index (χ2n) is 5.00. The lowest BCUT2D eigenvalue weighted by molar-refractivity contribution is 0.199. The molecule has 0 bridgehead atoms. The Bertz CT molecular complexity index is 764. The molecule has 3 aromatic rings. The highest BCUT2D eigenvalue weighted by Gasteiger charge is 2.03. The summed E-state index contributed by atoms with van der Waals surface area (Å²) in [6, 6.07) is 19.7. The van der Waals surface area contributed by atoms with Gasteiger partial charge in [-0.05, 0) is 59.7 Å². The smallest absolute Gasteiger partial charge is 0.128 e. The topological polar surface area (TPSA) is 29.5 Å². The molecule has 21 heavy (non-hydrogen) atoms. The highest BCUT2D eigenvalue weighted by molar-refractivity contribution is 9.10. The molecule has 1 N–H and O–H groups in total. The molecule has 0 amide bonds. The number of hydrogen-bond donors (Lipinski definition) is 1. The van der Waals surface area contributed by atoms with Crippen LogP contribution >= 0.6 is 15.9 Å². The van der Waals surface area contributed by atoms with Crippen molar-refractivity contribution in [2.24, 2.45) is 0 Å². The van der Waals surface area contributed by atoms with E-state index in [0.29, 0.717) is 0 Å². The number of ether oxygens (including phenoxy) is 1. The largest absolute Gasteiger partial charge is 0.457 e. The summed E-state index contributed by atoms with van der Waals surface area (Å²) in [7, 11) is 0. The van der Waals surface area contributed by atoms with E-state index in [9.17, 15) is 5.11 Å². The summed E-state index contributed by atoms with van der Waals surface area (Å²) in [6.45, 7) is 1.75. The number of fused-ring (bicyclic) bond motifs is 1. The van der Waals surface area contributed by atoms with Gasteiger partial charge in [-0.15, -0.1) is 0 Å². The minimum absolute atomic E-state index is 0.460. The number of rotatable bonds is 3. The summed E-state index contributed by atoms with van der Waals surface area (Å²) in [6.07, 6.45) is -0.460. The van der Waals surface area contributed by atoms with Gasteiger partial charge in [-0.2, -0.15) is 0 Å².